The first kappa shape index (κ1) is 12.7. The zero-order chi connectivity index (χ0) is 12.4. The van der Waals surface area contributed by atoms with Gasteiger partial charge in [-0.3, -0.25) is 0 Å². The van der Waals surface area contributed by atoms with Gasteiger partial charge >= 0.3 is 0 Å². The molecule has 3 rings (SSSR count). The molecule has 2 aliphatic rings. The van der Waals surface area contributed by atoms with Crippen LogP contribution in [0, 0.1) is 5.41 Å². The Morgan fingerprint density at radius 2 is 1.72 bits per heavy atom. The van der Waals surface area contributed by atoms with Gasteiger partial charge in [0.15, 0.2) is 0 Å². The van der Waals surface area contributed by atoms with Crippen LogP contribution in [-0.2, 0) is 0 Å². The Bertz CT molecular complexity index is 384. The van der Waals surface area contributed by atoms with Gasteiger partial charge in [0.25, 0.3) is 0 Å². The van der Waals surface area contributed by atoms with Gasteiger partial charge in [0.2, 0.25) is 0 Å². The Morgan fingerprint density at radius 1 is 1.00 bits per heavy atom. The molecular formula is C16H22BrN. The third-order valence-electron chi connectivity index (χ3n) is 5.01. The van der Waals surface area contributed by atoms with Crippen molar-refractivity contribution in [2.45, 2.75) is 44.4 Å². The summed E-state index contributed by atoms with van der Waals surface area (Å²) in [5, 5.41) is 3.61. The number of halogens is 1. The summed E-state index contributed by atoms with van der Waals surface area (Å²) in [7, 11) is 0. The zero-order valence-corrected chi connectivity index (χ0v) is 12.5. The van der Waals surface area contributed by atoms with Crippen LogP contribution in [-0.4, -0.2) is 13.1 Å². The van der Waals surface area contributed by atoms with Crippen molar-refractivity contribution in [3.8, 4) is 0 Å². The molecule has 0 amide bonds. The van der Waals surface area contributed by atoms with Gasteiger partial charge in [0, 0.05) is 16.9 Å². The summed E-state index contributed by atoms with van der Waals surface area (Å²) in [5.41, 5.74) is 2.13. The zero-order valence-electron chi connectivity index (χ0n) is 10.9. The smallest absolute Gasteiger partial charge is 0.0175 e. The second-order valence-electron chi connectivity index (χ2n) is 5.98. The van der Waals surface area contributed by atoms with Gasteiger partial charge in [-0.2, -0.15) is 0 Å². The van der Waals surface area contributed by atoms with Gasteiger partial charge in [-0.1, -0.05) is 47.3 Å². The second kappa shape index (κ2) is 5.34. The Labute approximate surface area is 118 Å². The Balaban J connectivity index is 1.89. The van der Waals surface area contributed by atoms with E-state index in [1.165, 1.54) is 61.7 Å². The van der Waals surface area contributed by atoms with Crippen molar-refractivity contribution in [3.05, 3.63) is 34.3 Å². The second-order valence-corrected chi connectivity index (χ2v) is 6.90. The fourth-order valence-electron chi connectivity index (χ4n) is 4.00. The van der Waals surface area contributed by atoms with E-state index in [1.54, 1.807) is 0 Å². The van der Waals surface area contributed by atoms with Gasteiger partial charge in [-0.05, 0) is 48.9 Å². The Hall–Kier alpha value is -0.340. The van der Waals surface area contributed by atoms with E-state index in [0.29, 0.717) is 5.41 Å². The van der Waals surface area contributed by atoms with Crippen molar-refractivity contribution in [1.82, 2.24) is 5.32 Å². The molecule has 0 aromatic heterocycles. The van der Waals surface area contributed by atoms with Crippen LogP contribution < -0.4 is 5.32 Å². The van der Waals surface area contributed by atoms with Gasteiger partial charge in [0.05, 0.1) is 0 Å². The summed E-state index contributed by atoms with van der Waals surface area (Å²) < 4.78 is 1.19. The average molecular weight is 308 g/mol. The van der Waals surface area contributed by atoms with Crippen LogP contribution >= 0.6 is 15.9 Å². The Morgan fingerprint density at radius 3 is 2.44 bits per heavy atom. The molecule has 1 saturated carbocycles. The molecule has 1 N–H and O–H groups in total. The summed E-state index contributed by atoms with van der Waals surface area (Å²) >= 11 is 3.54. The molecule has 1 heterocycles. The van der Waals surface area contributed by atoms with E-state index in [9.17, 15) is 0 Å². The molecule has 1 saturated heterocycles. The van der Waals surface area contributed by atoms with E-state index >= 15 is 0 Å². The number of rotatable bonds is 1. The molecular weight excluding hydrogens is 286 g/mol. The fourth-order valence-corrected chi connectivity index (χ4v) is 4.26. The molecule has 1 aromatic rings. The number of hydrogen-bond donors (Lipinski definition) is 1. The average Bonchev–Trinajstić information content (AvgIpc) is 2.42. The topological polar surface area (TPSA) is 12.0 Å². The minimum Gasteiger partial charge on any atom is -0.316 e. The van der Waals surface area contributed by atoms with Gasteiger partial charge in [-0.15, -0.1) is 0 Å². The summed E-state index contributed by atoms with van der Waals surface area (Å²) in [5.74, 6) is 0.722. The lowest BCUT2D eigenvalue weighted by molar-refractivity contribution is 0.103. The minimum absolute atomic E-state index is 0.595. The number of hydrogen-bond acceptors (Lipinski definition) is 1. The lowest BCUT2D eigenvalue weighted by Gasteiger charge is -2.47. The highest BCUT2D eigenvalue weighted by molar-refractivity contribution is 9.10. The standard InChI is InChI=1S/C16H22BrN/c17-14-6-4-13(5-7-14)15-12-18-11-10-16(15)8-2-1-3-9-16/h4-7,15,18H,1-3,8-12H2. The van der Waals surface area contributed by atoms with Crippen LogP contribution in [0.2, 0.25) is 0 Å². The first-order valence-electron chi connectivity index (χ1n) is 7.26. The quantitative estimate of drug-likeness (QED) is 0.807. The van der Waals surface area contributed by atoms with Crippen LogP contribution in [0.1, 0.15) is 50.0 Å². The van der Waals surface area contributed by atoms with Crippen LogP contribution in [0.4, 0.5) is 0 Å². The molecule has 0 radical (unpaired) electrons. The number of piperidine rings is 1. The molecule has 1 unspecified atom stereocenters. The summed E-state index contributed by atoms with van der Waals surface area (Å²) in [6.45, 7) is 2.38. The van der Waals surface area contributed by atoms with Crippen molar-refractivity contribution in [2.24, 2.45) is 5.41 Å². The SMILES string of the molecule is Brc1ccc(C2CNCCC23CCCCC3)cc1. The van der Waals surface area contributed by atoms with E-state index < -0.39 is 0 Å². The monoisotopic (exact) mass is 307 g/mol. The van der Waals surface area contributed by atoms with Crippen LogP contribution in [0.3, 0.4) is 0 Å². The first-order valence-corrected chi connectivity index (χ1v) is 8.06. The Kier molecular flexibility index (Phi) is 3.76. The van der Waals surface area contributed by atoms with Gasteiger partial charge < -0.3 is 5.32 Å². The molecule has 1 spiro atoms. The van der Waals surface area contributed by atoms with Crippen LogP contribution in [0.15, 0.2) is 28.7 Å². The molecule has 1 nitrogen and oxygen atoms in total. The van der Waals surface area contributed by atoms with Crippen molar-refractivity contribution < 1.29 is 0 Å². The predicted octanol–water partition coefficient (Wildman–Crippen LogP) is 4.48. The third-order valence-corrected chi connectivity index (χ3v) is 5.54. The molecule has 1 aliphatic carbocycles. The lowest BCUT2D eigenvalue weighted by Crippen LogP contribution is -2.44. The normalized spacial score (nSPS) is 27.3. The maximum atomic E-state index is 3.61. The molecule has 1 atom stereocenters. The van der Waals surface area contributed by atoms with E-state index in [4.69, 9.17) is 0 Å². The number of nitrogens with one attached hydrogen (secondary N) is 1. The minimum atomic E-state index is 0.595. The highest BCUT2D eigenvalue weighted by atomic mass is 79.9. The van der Waals surface area contributed by atoms with Crippen molar-refractivity contribution in [3.63, 3.8) is 0 Å². The molecule has 18 heavy (non-hydrogen) atoms. The maximum absolute atomic E-state index is 3.61. The van der Waals surface area contributed by atoms with E-state index in [-0.39, 0.29) is 0 Å². The van der Waals surface area contributed by atoms with Crippen molar-refractivity contribution in [1.29, 1.82) is 0 Å². The summed E-state index contributed by atoms with van der Waals surface area (Å²) in [6.07, 6.45) is 8.57. The van der Waals surface area contributed by atoms with E-state index in [2.05, 4.69) is 45.5 Å². The summed E-state index contributed by atoms with van der Waals surface area (Å²) in [6, 6.07) is 9.02. The number of benzene rings is 1. The summed E-state index contributed by atoms with van der Waals surface area (Å²) in [4.78, 5) is 0. The molecule has 1 aliphatic heterocycles. The molecule has 98 valence electrons. The van der Waals surface area contributed by atoms with E-state index in [0.717, 1.165) is 5.92 Å². The molecule has 1 aromatic carbocycles. The highest BCUT2D eigenvalue weighted by Gasteiger charge is 2.41. The van der Waals surface area contributed by atoms with Gasteiger partial charge in [-0.25, -0.2) is 0 Å². The predicted molar refractivity (Wildman–Crippen MR) is 79.9 cm³/mol. The highest BCUT2D eigenvalue weighted by Crippen LogP contribution is 2.50. The maximum Gasteiger partial charge on any atom is 0.0175 e. The largest absolute Gasteiger partial charge is 0.316 e. The van der Waals surface area contributed by atoms with Crippen molar-refractivity contribution >= 4 is 15.9 Å². The molecule has 2 heteroatoms. The molecule has 2 fully saturated rings. The van der Waals surface area contributed by atoms with Crippen LogP contribution in [0.25, 0.3) is 0 Å². The van der Waals surface area contributed by atoms with Gasteiger partial charge in [0.1, 0.15) is 0 Å². The third kappa shape index (κ3) is 2.37. The molecule has 0 bridgehead atoms. The lowest BCUT2D eigenvalue weighted by atomic mass is 9.61. The van der Waals surface area contributed by atoms with E-state index in [1.807, 2.05) is 0 Å². The fraction of sp³-hybridized carbons (Fsp3) is 0.625. The first-order chi connectivity index (χ1) is 8.80. The van der Waals surface area contributed by atoms with Crippen molar-refractivity contribution in [2.75, 3.05) is 13.1 Å². The van der Waals surface area contributed by atoms with Crippen LogP contribution in [0.5, 0.6) is 0 Å².